The normalized spacial score (nSPS) is 11.5. The molecule has 1 unspecified atom stereocenters. The summed E-state index contributed by atoms with van der Waals surface area (Å²) in [6.07, 6.45) is 8.63. The Kier molecular flexibility index (Phi) is 12.0. The first kappa shape index (κ1) is 28.1. The molecule has 0 N–H and O–H groups in total. The van der Waals surface area contributed by atoms with Crippen molar-refractivity contribution in [3.63, 3.8) is 0 Å². The average molecular weight is 507 g/mol. The molecule has 2 aromatic rings. The maximum atomic E-state index is 9.50. The van der Waals surface area contributed by atoms with Gasteiger partial charge >= 0.3 is 5.82 Å². The number of thiophene rings is 1. The van der Waals surface area contributed by atoms with E-state index in [0.717, 1.165) is 37.3 Å². The Hall–Kier alpha value is -3.18. The van der Waals surface area contributed by atoms with Crippen LogP contribution in [0.5, 0.6) is 0 Å². The van der Waals surface area contributed by atoms with Gasteiger partial charge in [-0.15, -0.1) is 21.6 Å². The van der Waals surface area contributed by atoms with E-state index < -0.39 is 0 Å². The van der Waals surface area contributed by atoms with Crippen LogP contribution in [0.1, 0.15) is 69.7 Å². The molecule has 1 atom stereocenters. The van der Waals surface area contributed by atoms with Crippen LogP contribution in [0.25, 0.3) is 15.8 Å². The van der Waals surface area contributed by atoms with E-state index in [-0.39, 0.29) is 16.4 Å². The molecule has 0 saturated heterocycles. The molecule has 0 saturated carbocycles. The molecule has 1 aromatic heterocycles. The van der Waals surface area contributed by atoms with E-state index in [4.69, 9.17) is 24.7 Å². The number of nitrogens with zero attached hydrogens (tertiary/aromatic N) is 6. The van der Waals surface area contributed by atoms with E-state index in [1.807, 2.05) is 18.2 Å². The van der Waals surface area contributed by atoms with Crippen molar-refractivity contribution in [1.29, 1.82) is 5.26 Å². The van der Waals surface area contributed by atoms with Crippen LogP contribution in [0, 0.1) is 30.4 Å². The molecular formula is C27H31ClN6S. The summed E-state index contributed by atoms with van der Waals surface area (Å²) >= 11 is 7.42. The van der Waals surface area contributed by atoms with E-state index in [1.54, 1.807) is 0 Å². The lowest BCUT2D eigenvalue weighted by Crippen LogP contribution is -2.30. The van der Waals surface area contributed by atoms with Crippen molar-refractivity contribution in [2.45, 2.75) is 59.3 Å². The molecule has 0 radical (unpaired) electrons. The Morgan fingerprint density at radius 1 is 1.14 bits per heavy atom. The van der Waals surface area contributed by atoms with Gasteiger partial charge in [0.05, 0.1) is 16.8 Å². The maximum Gasteiger partial charge on any atom is 0.520 e. The zero-order valence-electron chi connectivity index (χ0n) is 20.6. The van der Waals surface area contributed by atoms with Crippen molar-refractivity contribution in [2.24, 2.45) is 16.1 Å². The molecule has 0 aliphatic heterocycles. The molecule has 0 aliphatic rings. The fourth-order valence-corrected chi connectivity index (χ4v) is 4.87. The predicted molar refractivity (Wildman–Crippen MR) is 146 cm³/mol. The second-order valence-electron chi connectivity index (χ2n) is 8.23. The minimum absolute atomic E-state index is 0.121. The highest BCUT2D eigenvalue weighted by Gasteiger charge is 2.18. The zero-order valence-corrected chi connectivity index (χ0v) is 22.2. The first-order chi connectivity index (χ1) is 17.0. The number of hydrogen-bond acceptors (Lipinski definition) is 5. The van der Waals surface area contributed by atoms with Crippen LogP contribution < -0.4 is 4.90 Å². The van der Waals surface area contributed by atoms with Crippen LogP contribution in [-0.4, -0.2) is 13.1 Å². The van der Waals surface area contributed by atoms with E-state index in [9.17, 15) is 5.26 Å². The second kappa shape index (κ2) is 14.9. The van der Waals surface area contributed by atoms with Crippen LogP contribution in [-0.2, 0) is 0 Å². The molecule has 35 heavy (non-hydrogen) atoms. The van der Waals surface area contributed by atoms with Gasteiger partial charge in [-0.1, -0.05) is 58.1 Å². The Morgan fingerprint density at radius 2 is 1.83 bits per heavy atom. The van der Waals surface area contributed by atoms with Crippen LogP contribution in [0.15, 0.2) is 40.3 Å². The second-order valence-corrected chi connectivity index (χ2v) is 9.64. The third kappa shape index (κ3) is 8.22. The van der Waals surface area contributed by atoms with Crippen LogP contribution in [0.2, 0.25) is 5.02 Å². The monoisotopic (exact) mass is 506 g/mol. The van der Waals surface area contributed by atoms with Crippen LogP contribution in [0.4, 0.5) is 16.4 Å². The summed E-state index contributed by atoms with van der Waals surface area (Å²) in [6.45, 7) is 22.9. The van der Waals surface area contributed by atoms with Crippen molar-refractivity contribution in [1.82, 2.24) is 0 Å². The van der Waals surface area contributed by atoms with Gasteiger partial charge in [0.15, 0.2) is 5.00 Å². The van der Waals surface area contributed by atoms with Gasteiger partial charge in [-0.3, -0.25) is 0 Å². The zero-order chi connectivity index (χ0) is 25.6. The molecule has 1 heterocycles. The van der Waals surface area contributed by atoms with Gasteiger partial charge in [0, 0.05) is 23.7 Å². The molecule has 0 spiro atoms. The Labute approximate surface area is 218 Å². The quantitative estimate of drug-likeness (QED) is 0.200. The number of halogens is 1. The summed E-state index contributed by atoms with van der Waals surface area (Å²) in [5, 5.41) is 18.6. The summed E-state index contributed by atoms with van der Waals surface area (Å²) in [5.74, 6) is 0.568. The highest BCUT2D eigenvalue weighted by molar-refractivity contribution is 7.17. The van der Waals surface area contributed by atoms with Crippen LogP contribution in [0.3, 0.4) is 0 Å². The minimum atomic E-state index is -0.121. The predicted octanol–water partition coefficient (Wildman–Crippen LogP) is 9.65. The topological polar surface area (TPSA) is 60.5 Å². The number of nitriles is 1. The van der Waals surface area contributed by atoms with Gasteiger partial charge in [0.25, 0.3) is 0 Å². The molecule has 0 aliphatic carbocycles. The van der Waals surface area contributed by atoms with Gasteiger partial charge in [0.1, 0.15) is 24.8 Å². The standard InChI is InChI=1S/C27H31ClN6S/c1-6-9-11-20(8-3)19-34(16-10-7-2)22-14-12-21(13-15-22)32-33-27-23(18-29)26(28)24(35-27)17-25(30-4)31-5/h12-15,17,20H,6-11,16,19H2,1-3H3. The summed E-state index contributed by atoms with van der Waals surface area (Å²) < 4.78 is 0. The summed E-state index contributed by atoms with van der Waals surface area (Å²) in [5.41, 5.74) is 2.05. The average Bonchev–Trinajstić information content (AvgIpc) is 3.19. The molecular weight excluding hydrogens is 476 g/mol. The van der Waals surface area contributed by atoms with Gasteiger partial charge in [-0.2, -0.15) is 15.0 Å². The lowest BCUT2D eigenvalue weighted by Gasteiger charge is -2.29. The number of benzene rings is 1. The van der Waals surface area contributed by atoms with E-state index in [1.165, 1.54) is 37.4 Å². The number of anilines is 1. The number of azo groups is 1. The fraction of sp³-hybridized carbons (Fsp3) is 0.444. The van der Waals surface area contributed by atoms with Gasteiger partial charge in [-0.05, 0) is 43.0 Å². The molecule has 6 nitrogen and oxygen atoms in total. The first-order valence-corrected chi connectivity index (χ1v) is 13.2. The Bertz CT molecular complexity index is 1130. The van der Waals surface area contributed by atoms with E-state index in [0.29, 0.717) is 21.5 Å². The van der Waals surface area contributed by atoms with Crippen molar-refractivity contribution in [2.75, 3.05) is 18.0 Å². The lowest BCUT2D eigenvalue weighted by atomic mass is 9.98. The third-order valence-corrected chi connectivity index (χ3v) is 7.26. The third-order valence-electron chi connectivity index (χ3n) is 5.73. The van der Waals surface area contributed by atoms with Gasteiger partial charge < -0.3 is 4.90 Å². The molecule has 182 valence electrons. The SMILES string of the molecule is [C-]#[N+]C(=Cc1sc(N=Nc2ccc(N(CCCC)CC(CC)CCCC)cc2)c(C#N)c1Cl)[N+]#[C-]. The summed E-state index contributed by atoms with van der Waals surface area (Å²) in [7, 11) is 0. The van der Waals surface area contributed by atoms with Crippen molar-refractivity contribution in [3.05, 3.63) is 68.4 Å². The summed E-state index contributed by atoms with van der Waals surface area (Å²) in [6, 6.07) is 10.1. The van der Waals surface area contributed by atoms with Crippen molar-refractivity contribution >= 4 is 45.4 Å². The highest BCUT2D eigenvalue weighted by atomic mass is 35.5. The van der Waals surface area contributed by atoms with E-state index in [2.05, 4.69) is 57.7 Å². The number of unbranched alkanes of at least 4 members (excludes halogenated alkanes) is 2. The first-order valence-electron chi connectivity index (χ1n) is 12.0. The molecule has 2 rings (SSSR count). The molecule has 0 bridgehead atoms. The summed E-state index contributed by atoms with van der Waals surface area (Å²) in [4.78, 5) is 9.22. The lowest BCUT2D eigenvalue weighted by molar-refractivity contribution is 0.444. The molecule has 8 heteroatoms. The smallest absolute Gasteiger partial charge is 0.371 e. The number of hydrogen-bond donors (Lipinski definition) is 0. The largest absolute Gasteiger partial charge is 0.520 e. The minimum Gasteiger partial charge on any atom is -0.371 e. The molecule has 1 aromatic carbocycles. The van der Waals surface area contributed by atoms with Crippen LogP contribution >= 0.6 is 22.9 Å². The van der Waals surface area contributed by atoms with Crippen molar-refractivity contribution < 1.29 is 0 Å². The van der Waals surface area contributed by atoms with Gasteiger partial charge in [0.2, 0.25) is 0 Å². The molecule has 0 fully saturated rings. The molecule has 0 amide bonds. The van der Waals surface area contributed by atoms with Crippen molar-refractivity contribution in [3.8, 4) is 6.07 Å². The van der Waals surface area contributed by atoms with E-state index >= 15 is 0 Å². The Balaban J connectivity index is 2.23. The highest BCUT2D eigenvalue weighted by Crippen LogP contribution is 2.41. The fourth-order valence-electron chi connectivity index (χ4n) is 3.62. The maximum absolute atomic E-state index is 9.50. The number of rotatable bonds is 13. The van der Waals surface area contributed by atoms with Gasteiger partial charge in [-0.25, -0.2) is 0 Å². The Morgan fingerprint density at radius 3 is 2.40 bits per heavy atom.